The number of ether oxygens (including phenoxy) is 1. The van der Waals surface area contributed by atoms with Crippen LogP contribution in [0.4, 0.5) is 0 Å². The van der Waals surface area contributed by atoms with Crippen LogP contribution in [0, 0.1) is 5.41 Å². The highest BCUT2D eigenvalue weighted by molar-refractivity contribution is 14.0. The van der Waals surface area contributed by atoms with E-state index >= 15 is 0 Å². The number of halogens is 1. The zero-order valence-corrected chi connectivity index (χ0v) is 17.5. The quantitative estimate of drug-likeness (QED) is 0.404. The molecule has 0 aromatic carbocycles. The lowest BCUT2D eigenvalue weighted by Gasteiger charge is -2.59. The van der Waals surface area contributed by atoms with Gasteiger partial charge in [0, 0.05) is 58.7 Å². The van der Waals surface area contributed by atoms with Gasteiger partial charge in [-0.05, 0) is 13.3 Å². The Hall–Kier alpha value is -0.570. The molecule has 134 valence electrons. The summed E-state index contributed by atoms with van der Waals surface area (Å²) >= 11 is 0. The average molecular weight is 438 g/mol. The molecule has 1 amide bonds. The van der Waals surface area contributed by atoms with Crippen molar-refractivity contribution in [1.29, 1.82) is 0 Å². The maximum atomic E-state index is 11.4. The molecule has 1 aliphatic carbocycles. The fourth-order valence-electron chi connectivity index (χ4n) is 3.41. The Morgan fingerprint density at radius 2 is 1.70 bits per heavy atom. The smallest absolute Gasteiger partial charge is 0.219 e. The minimum atomic E-state index is -0.0865. The molecule has 0 aromatic heterocycles. The fraction of sp³-hybridized carbons (Fsp3) is 0.875. The first-order valence-electron chi connectivity index (χ1n) is 8.04. The van der Waals surface area contributed by atoms with Crippen LogP contribution in [-0.2, 0) is 9.53 Å². The maximum Gasteiger partial charge on any atom is 0.219 e. The van der Waals surface area contributed by atoms with Crippen LogP contribution in [0.5, 0.6) is 0 Å². The fourth-order valence-corrected chi connectivity index (χ4v) is 3.41. The first-order chi connectivity index (χ1) is 10.2. The Balaban J connectivity index is 0.00000264. The molecule has 2 atom stereocenters. The van der Waals surface area contributed by atoms with Crippen LogP contribution in [0.3, 0.4) is 0 Å². The zero-order valence-electron chi connectivity index (χ0n) is 15.2. The molecular weight excluding hydrogens is 407 g/mol. The second-order valence-corrected chi connectivity index (χ2v) is 7.10. The number of carbonyl (C=O) groups excluding carboxylic acids is 1. The van der Waals surface area contributed by atoms with E-state index in [-0.39, 0.29) is 40.9 Å². The number of amides is 1. The SMILES string of the molecule is CN=C(NC1CC(C)(OC)C1(C)C)N1CCN(C(C)=O)CC1.I. The normalized spacial score (nSPS) is 30.3. The molecule has 1 saturated heterocycles. The van der Waals surface area contributed by atoms with E-state index in [0.29, 0.717) is 6.04 Å². The molecule has 0 aromatic rings. The van der Waals surface area contributed by atoms with E-state index < -0.39 is 0 Å². The summed E-state index contributed by atoms with van der Waals surface area (Å²) in [5.74, 6) is 1.08. The lowest BCUT2D eigenvalue weighted by molar-refractivity contribution is -0.177. The van der Waals surface area contributed by atoms with Crippen molar-refractivity contribution >= 4 is 35.8 Å². The monoisotopic (exact) mass is 438 g/mol. The number of nitrogens with zero attached hydrogens (tertiary/aromatic N) is 3. The van der Waals surface area contributed by atoms with Gasteiger partial charge in [-0.15, -0.1) is 24.0 Å². The first kappa shape index (κ1) is 20.5. The first-order valence-corrected chi connectivity index (χ1v) is 8.04. The summed E-state index contributed by atoms with van der Waals surface area (Å²) in [5.41, 5.74) is -0.0320. The molecule has 6 nitrogen and oxygen atoms in total. The van der Waals surface area contributed by atoms with E-state index in [1.54, 1.807) is 14.0 Å². The van der Waals surface area contributed by atoms with Crippen LogP contribution in [-0.4, -0.2) is 73.6 Å². The van der Waals surface area contributed by atoms with E-state index in [1.165, 1.54) is 0 Å². The van der Waals surface area contributed by atoms with Crippen LogP contribution < -0.4 is 5.32 Å². The van der Waals surface area contributed by atoms with E-state index in [1.807, 2.05) is 11.9 Å². The molecule has 0 spiro atoms. The molecule has 2 unspecified atom stereocenters. The average Bonchev–Trinajstić information content (AvgIpc) is 2.51. The third-order valence-electron chi connectivity index (χ3n) is 5.82. The van der Waals surface area contributed by atoms with Gasteiger partial charge in [-0.25, -0.2) is 0 Å². The van der Waals surface area contributed by atoms with Crippen molar-refractivity contribution < 1.29 is 9.53 Å². The molecule has 1 heterocycles. The molecule has 0 bridgehead atoms. The molecule has 2 fully saturated rings. The number of rotatable bonds is 2. The van der Waals surface area contributed by atoms with Crippen LogP contribution in [0.15, 0.2) is 4.99 Å². The Morgan fingerprint density at radius 1 is 1.17 bits per heavy atom. The minimum absolute atomic E-state index is 0. The largest absolute Gasteiger partial charge is 0.378 e. The van der Waals surface area contributed by atoms with E-state index in [2.05, 4.69) is 36.0 Å². The molecule has 23 heavy (non-hydrogen) atoms. The molecule has 2 rings (SSSR count). The highest BCUT2D eigenvalue weighted by Crippen LogP contribution is 2.51. The summed E-state index contributed by atoms with van der Waals surface area (Å²) in [5, 5.41) is 3.59. The van der Waals surface area contributed by atoms with Crippen LogP contribution in [0.2, 0.25) is 0 Å². The van der Waals surface area contributed by atoms with Gasteiger partial charge >= 0.3 is 0 Å². The third kappa shape index (κ3) is 3.75. The molecule has 2 aliphatic rings. The molecule has 1 aliphatic heterocycles. The third-order valence-corrected chi connectivity index (χ3v) is 5.82. The summed E-state index contributed by atoms with van der Waals surface area (Å²) in [6, 6.07) is 0.349. The highest BCUT2D eigenvalue weighted by atomic mass is 127. The van der Waals surface area contributed by atoms with Gasteiger partial charge in [-0.3, -0.25) is 9.79 Å². The predicted molar refractivity (Wildman–Crippen MR) is 103 cm³/mol. The highest BCUT2D eigenvalue weighted by Gasteiger charge is 2.58. The van der Waals surface area contributed by atoms with Gasteiger partial charge in [0.25, 0.3) is 0 Å². The van der Waals surface area contributed by atoms with Crippen LogP contribution >= 0.6 is 24.0 Å². The number of hydrogen-bond donors (Lipinski definition) is 1. The van der Waals surface area contributed by atoms with Gasteiger partial charge in [0.2, 0.25) is 5.91 Å². The standard InChI is InChI=1S/C16H30N4O2.HI/c1-12(21)19-7-9-20(10-8-19)14(17-5)18-13-11-16(4,22-6)15(13,2)3;/h13H,7-11H2,1-6H3,(H,17,18);1H. The van der Waals surface area contributed by atoms with Gasteiger partial charge in [-0.2, -0.15) is 0 Å². The molecule has 1 saturated carbocycles. The molecule has 1 N–H and O–H groups in total. The molecule has 7 heteroatoms. The Bertz CT molecular complexity index is 461. The summed E-state index contributed by atoms with van der Waals surface area (Å²) in [6.45, 7) is 11.4. The van der Waals surface area contributed by atoms with Gasteiger partial charge in [-0.1, -0.05) is 13.8 Å². The minimum Gasteiger partial charge on any atom is -0.378 e. The lowest BCUT2D eigenvalue weighted by Crippen LogP contribution is -2.70. The predicted octanol–water partition coefficient (Wildman–Crippen LogP) is 1.55. The number of carbonyl (C=O) groups is 1. The zero-order chi connectivity index (χ0) is 16.5. The summed E-state index contributed by atoms with van der Waals surface area (Å²) in [4.78, 5) is 20.0. The van der Waals surface area contributed by atoms with Gasteiger partial charge in [0.1, 0.15) is 0 Å². The number of aliphatic imine (C=N–C) groups is 1. The van der Waals surface area contributed by atoms with Gasteiger partial charge in [0.05, 0.1) is 5.60 Å². The maximum absolute atomic E-state index is 11.4. The van der Waals surface area contributed by atoms with Crippen molar-refractivity contribution in [2.75, 3.05) is 40.3 Å². The number of hydrogen-bond acceptors (Lipinski definition) is 3. The van der Waals surface area contributed by atoms with E-state index in [4.69, 9.17) is 4.74 Å². The second-order valence-electron chi connectivity index (χ2n) is 7.10. The Labute approximate surface area is 157 Å². The molecular formula is C16H31IN4O2. The van der Waals surface area contributed by atoms with Crippen molar-refractivity contribution in [3.05, 3.63) is 0 Å². The van der Waals surface area contributed by atoms with Gasteiger partial charge < -0.3 is 19.9 Å². The Kier molecular flexibility index (Phi) is 6.72. The molecule has 0 radical (unpaired) electrons. The summed E-state index contributed by atoms with van der Waals surface area (Å²) < 4.78 is 5.68. The van der Waals surface area contributed by atoms with E-state index in [0.717, 1.165) is 38.6 Å². The van der Waals surface area contributed by atoms with Crippen LogP contribution in [0.25, 0.3) is 0 Å². The van der Waals surface area contributed by atoms with Crippen molar-refractivity contribution in [1.82, 2.24) is 15.1 Å². The number of guanidine groups is 1. The van der Waals surface area contributed by atoms with Crippen molar-refractivity contribution in [2.45, 2.75) is 45.8 Å². The summed E-state index contributed by atoms with van der Waals surface area (Å²) in [6.07, 6.45) is 0.975. The second kappa shape index (κ2) is 7.55. The number of methoxy groups -OCH3 is 1. The number of nitrogens with one attached hydrogen (secondary N) is 1. The van der Waals surface area contributed by atoms with Crippen molar-refractivity contribution in [3.63, 3.8) is 0 Å². The van der Waals surface area contributed by atoms with Gasteiger partial charge in [0.15, 0.2) is 5.96 Å². The number of piperazine rings is 1. The van der Waals surface area contributed by atoms with Crippen molar-refractivity contribution in [2.24, 2.45) is 10.4 Å². The van der Waals surface area contributed by atoms with Crippen LogP contribution in [0.1, 0.15) is 34.1 Å². The lowest BCUT2D eigenvalue weighted by atomic mass is 9.56. The van der Waals surface area contributed by atoms with E-state index in [9.17, 15) is 4.79 Å². The summed E-state index contributed by atoms with van der Waals surface area (Å²) in [7, 11) is 3.61. The topological polar surface area (TPSA) is 57.2 Å². The Morgan fingerprint density at radius 3 is 2.09 bits per heavy atom. The van der Waals surface area contributed by atoms with Crippen molar-refractivity contribution in [3.8, 4) is 0 Å².